The largest absolute Gasteiger partial charge is 0.469 e. The Morgan fingerprint density at radius 3 is 2.12 bits per heavy atom. The molecule has 11 nitrogen and oxygen atoms in total. The molecular weight excluding hydrogens is 448 g/mol. The number of nitrogens with zero attached hydrogens (tertiary/aromatic N) is 2. The van der Waals surface area contributed by atoms with Crippen LogP contribution in [0.15, 0.2) is 22.8 Å². The molecular formula is C23H30N2O9. The van der Waals surface area contributed by atoms with E-state index in [4.69, 9.17) is 23.4 Å². The minimum Gasteiger partial charge on any atom is -0.469 e. The number of furan rings is 1. The second-order valence-corrected chi connectivity index (χ2v) is 9.27. The molecule has 1 spiro atoms. The smallest absolute Gasteiger partial charge is 0.332 e. The number of ether oxygens (including phenoxy) is 4. The Hall–Kier alpha value is -2.60. The Balaban J connectivity index is 1.88. The third kappa shape index (κ3) is 3.18. The van der Waals surface area contributed by atoms with Crippen LogP contribution < -0.4 is 0 Å². The summed E-state index contributed by atoms with van der Waals surface area (Å²) in [5.41, 5.74) is -1.83. The average Bonchev–Trinajstić information content (AvgIpc) is 3.37. The second-order valence-electron chi connectivity index (χ2n) is 9.27. The van der Waals surface area contributed by atoms with Crippen molar-refractivity contribution in [1.29, 1.82) is 0 Å². The highest BCUT2D eigenvalue weighted by Gasteiger charge is 2.69. The van der Waals surface area contributed by atoms with Gasteiger partial charge in [-0.05, 0) is 26.0 Å². The van der Waals surface area contributed by atoms with Gasteiger partial charge in [0.2, 0.25) is 23.4 Å². The highest BCUT2D eigenvalue weighted by molar-refractivity contribution is 6.20. The zero-order valence-electron chi connectivity index (χ0n) is 20.2. The number of Topliss-reactive ketones (excluding diaryl/α,β-unsaturated/α-hetero) is 1. The summed E-state index contributed by atoms with van der Waals surface area (Å²) >= 11 is 0. The maximum absolute atomic E-state index is 13.9. The van der Waals surface area contributed by atoms with Gasteiger partial charge in [0.25, 0.3) is 0 Å². The fourth-order valence-corrected chi connectivity index (χ4v) is 5.51. The molecule has 11 heteroatoms. The van der Waals surface area contributed by atoms with Gasteiger partial charge in [-0.25, -0.2) is 4.79 Å². The van der Waals surface area contributed by atoms with E-state index >= 15 is 0 Å². The SMILES string of the molecule is CO[C@]1(C)OC[C@H]([C@@H]2CC(=O)C[C@H](c3ccco3)C23C(=O)N(C)C(=O)N(C)C3=O)O[C@@]1(C)OC. The lowest BCUT2D eigenvalue weighted by Gasteiger charge is -2.56. The number of barbiturate groups is 1. The van der Waals surface area contributed by atoms with Crippen molar-refractivity contribution in [2.45, 2.75) is 50.3 Å². The van der Waals surface area contributed by atoms with Crippen LogP contribution in [0.4, 0.5) is 4.79 Å². The maximum atomic E-state index is 13.9. The molecule has 0 aromatic carbocycles. The maximum Gasteiger partial charge on any atom is 0.332 e. The van der Waals surface area contributed by atoms with Crippen molar-refractivity contribution in [2.75, 3.05) is 34.9 Å². The van der Waals surface area contributed by atoms with E-state index in [0.29, 0.717) is 5.76 Å². The molecule has 5 atom stereocenters. The normalized spacial score (nSPS) is 36.5. The standard InChI is InChI=1S/C23H30N2O9/c1-21(30-5)22(2,31-6)34-17(12-33-21)15-11-13(26)10-14(16-8-7-9-32-16)23(15)18(27)24(3)20(29)25(4)19(23)28/h7-9,14-15,17H,10-12H2,1-6H3/t14-,15+,17-,21-,22-/m1/s1. The number of hydrogen-bond acceptors (Lipinski definition) is 9. The van der Waals surface area contributed by atoms with E-state index in [2.05, 4.69) is 0 Å². The summed E-state index contributed by atoms with van der Waals surface area (Å²) in [4.78, 5) is 55.2. The number of ketones is 1. The van der Waals surface area contributed by atoms with Gasteiger partial charge in [-0.3, -0.25) is 24.2 Å². The van der Waals surface area contributed by atoms with Gasteiger partial charge in [-0.2, -0.15) is 0 Å². The Kier molecular flexibility index (Phi) is 5.96. The van der Waals surface area contributed by atoms with Gasteiger partial charge in [0.15, 0.2) is 0 Å². The molecule has 0 unspecified atom stereocenters. The predicted octanol–water partition coefficient (Wildman–Crippen LogP) is 1.52. The molecule has 3 aliphatic rings. The summed E-state index contributed by atoms with van der Waals surface area (Å²) < 4.78 is 29.0. The first-order valence-electron chi connectivity index (χ1n) is 11.0. The first kappa shape index (κ1) is 24.5. The zero-order chi connectivity index (χ0) is 25.1. The van der Waals surface area contributed by atoms with E-state index in [1.807, 2.05) is 0 Å². The van der Waals surface area contributed by atoms with Crippen LogP contribution in [0.1, 0.15) is 38.4 Å². The molecule has 1 saturated carbocycles. The van der Waals surface area contributed by atoms with Crippen LogP contribution in [-0.2, 0) is 33.3 Å². The van der Waals surface area contributed by atoms with Crippen molar-refractivity contribution in [2.24, 2.45) is 11.3 Å². The summed E-state index contributed by atoms with van der Waals surface area (Å²) in [6.45, 7) is 3.20. The molecule has 1 aliphatic carbocycles. The van der Waals surface area contributed by atoms with Crippen LogP contribution in [-0.4, -0.2) is 86.0 Å². The van der Waals surface area contributed by atoms with Crippen LogP contribution in [0.25, 0.3) is 0 Å². The molecule has 0 bridgehead atoms. The van der Waals surface area contributed by atoms with Crippen LogP contribution >= 0.6 is 0 Å². The molecule has 0 radical (unpaired) electrons. The first-order valence-corrected chi connectivity index (χ1v) is 11.0. The molecule has 1 aromatic heterocycles. The van der Waals surface area contributed by atoms with Crippen LogP contribution in [0.3, 0.4) is 0 Å². The van der Waals surface area contributed by atoms with Crippen molar-refractivity contribution >= 4 is 23.6 Å². The van der Waals surface area contributed by atoms with Gasteiger partial charge in [0.05, 0.1) is 19.0 Å². The van der Waals surface area contributed by atoms with E-state index in [0.717, 1.165) is 9.80 Å². The van der Waals surface area contributed by atoms with Gasteiger partial charge in [0.1, 0.15) is 17.0 Å². The number of methoxy groups -OCH3 is 2. The fraction of sp³-hybridized carbons (Fsp3) is 0.652. The predicted molar refractivity (Wildman–Crippen MR) is 114 cm³/mol. The van der Waals surface area contributed by atoms with Crippen molar-refractivity contribution in [3.8, 4) is 0 Å². The topological polar surface area (TPSA) is 125 Å². The van der Waals surface area contributed by atoms with Gasteiger partial charge in [-0.1, -0.05) is 0 Å². The van der Waals surface area contributed by atoms with E-state index < -0.39 is 52.8 Å². The number of imide groups is 2. The summed E-state index contributed by atoms with van der Waals surface area (Å²) in [6.07, 6.45) is 0.294. The quantitative estimate of drug-likeness (QED) is 0.592. The molecule has 3 heterocycles. The number of urea groups is 1. The van der Waals surface area contributed by atoms with Crippen molar-refractivity contribution in [3.63, 3.8) is 0 Å². The monoisotopic (exact) mass is 478 g/mol. The lowest BCUT2D eigenvalue weighted by Crippen LogP contribution is -2.72. The molecule has 2 aliphatic heterocycles. The minimum absolute atomic E-state index is 0.0736. The molecule has 1 aromatic rings. The average molecular weight is 478 g/mol. The fourth-order valence-electron chi connectivity index (χ4n) is 5.51. The highest BCUT2D eigenvalue weighted by atomic mass is 16.8. The van der Waals surface area contributed by atoms with Crippen molar-refractivity contribution < 1.29 is 42.5 Å². The van der Waals surface area contributed by atoms with E-state index in [-0.39, 0.29) is 25.2 Å². The van der Waals surface area contributed by atoms with E-state index in [1.54, 1.807) is 26.0 Å². The summed E-state index contributed by atoms with van der Waals surface area (Å²) in [5, 5.41) is 0. The van der Waals surface area contributed by atoms with Gasteiger partial charge >= 0.3 is 6.03 Å². The van der Waals surface area contributed by atoms with Crippen LogP contribution in [0, 0.1) is 11.3 Å². The minimum atomic E-state index is -1.83. The Morgan fingerprint density at radius 2 is 1.59 bits per heavy atom. The third-order valence-corrected chi connectivity index (χ3v) is 7.74. The summed E-state index contributed by atoms with van der Waals surface area (Å²) in [7, 11) is 5.51. The second kappa shape index (κ2) is 8.26. The Labute approximate surface area is 197 Å². The van der Waals surface area contributed by atoms with Gasteiger partial charge < -0.3 is 23.4 Å². The summed E-state index contributed by atoms with van der Waals surface area (Å²) in [6, 6.07) is 2.50. The zero-order valence-corrected chi connectivity index (χ0v) is 20.2. The Bertz CT molecular complexity index is 984. The van der Waals surface area contributed by atoms with Crippen molar-refractivity contribution in [1.82, 2.24) is 9.80 Å². The molecule has 186 valence electrons. The van der Waals surface area contributed by atoms with Crippen LogP contribution in [0.5, 0.6) is 0 Å². The molecule has 2 saturated heterocycles. The summed E-state index contributed by atoms with van der Waals surface area (Å²) in [5.74, 6) is -5.86. The number of carbonyl (C=O) groups is 4. The third-order valence-electron chi connectivity index (χ3n) is 7.74. The number of carbonyl (C=O) groups excluding carboxylic acids is 4. The number of rotatable bonds is 4. The van der Waals surface area contributed by atoms with Crippen molar-refractivity contribution in [3.05, 3.63) is 24.2 Å². The molecule has 4 rings (SSSR count). The van der Waals surface area contributed by atoms with Gasteiger partial charge in [0, 0.05) is 53.0 Å². The lowest BCUT2D eigenvalue weighted by molar-refractivity contribution is -0.437. The first-order chi connectivity index (χ1) is 16.0. The number of amides is 4. The van der Waals surface area contributed by atoms with E-state index in [1.165, 1.54) is 34.6 Å². The van der Waals surface area contributed by atoms with Crippen LogP contribution in [0.2, 0.25) is 0 Å². The molecule has 4 amide bonds. The molecule has 0 N–H and O–H groups in total. The highest BCUT2D eigenvalue weighted by Crippen LogP contribution is 2.56. The molecule has 34 heavy (non-hydrogen) atoms. The molecule has 3 fully saturated rings. The van der Waals surface area contributed by atoms with Gasteiger partial charge in [-0.15, -0.1) is 0 Å². The number of hydrogen-bond donors (Lipinski definition) is 0. The lowest BCUT2D eigenvalue weighted by atomic mass is 9.55. The Morgan fingerprint density at radius 1 is 0.971 bits per heavy atom. The van der Waals surface area contributed by atoms with E-state index in [9.17, 15) is 19.2 Å².